The molecule has 1 fully saturated rings. The largest absolute Gasteiger partial charge is 0.388 e. The molecule has 6 heteroatoms. The van der Waals surface area contributed by atoms with Crippen LogP contribution < -0.4 is 10.2 Å². The van der Waals surface area contributed by atoms with Gasteiger partial charge in [-0.1, -0.05) is 13.8 Å². The van der Waals surface area contributed by atoms with Crippen LogP contribution in [0.2, 0.25) is 0 Å². The molecule has 6 nitrogen and oxygen atoms in total. The lowest BCUT2D eigenvalue weighted by Gasteiger charge is -2.35. The molecule has 0 unspecified atom stereocenters. The van der Waals surface area contributed by atoms with Gasteiger partial charge in [-0.3, -0.25) is 0 Å². The zero-order valence-corrected chi connectivity index (χ0v) is 13.2. The minimum Gasteiger partial charge on any atom is -0.388 e. The average molecular weight is 294 g/mol. The van der Waals surface area contributed by atoms with Gasteiger partial charge in [0.15, 0.2) is 0 Å². The van der Waals surface area contributed by atoms with E-state index in [2.05, 4.69) is 29.1 Å². The number of aliphatic hydroxyl groups is 1. The van der Waals surface area contributed by atoms with E-state index in [4.69, 9.17) is 4.74 Å². The molecule has 0 aromatic carbocycles. The van der Waals surface area contributed by atoms with Gasteiger partial charge in [0.1, 0.15) is 0 Å². The fourth-order valence-corrected chi connectivity index (χ4v) is 2.38. The summed E-state index contributed by atoms with van der Waals surface area (Å²) in [5, 5.41) is 13.9. The highest BCUT2D eigenvalue weighted by molar-refractivity contribution is 5.29. The Morgan fingerprint density at radius 2 is 1.95 bits per heavy atom. The number of nitrogens with one attached hydrogen (secondary N) is 1. The molecule has 1 aromatic heterocycles. The van der Waals surface area contributed by atoms with Crippen molar-refractivity contribution >= 4 is 5.95 Å². The number of hydrogen-bond acceptors (Lipinski definition) is 6. The van der Waals surface area contributed by atoms with Crippen molar-refractivity contribution in [1.29, 1.82) is 0 Å². The Bertz CT molecular complexity index is 430. The molecule has 0 spiro atoms. The van der Waals surface area contributed by atoms with Crippen molar-refractivity contribution in [2.75, 3.05) is 31.7 Å². The van der Waals surface area contributed by atoms with Crippen molar-refractivity contribution in [1.82, 2.24) is 15.3 Å². The van der Waals surface area contributed by atoms with Crippen molar-refractivity contribution in [2.45, 2.75) is 44.9 Å². The number of aromatic nitrogens is 2. The third-order valence-corrected chi connectivity index (χ3v) is 3.70. The fraction of sp³-hybridized carbons (Fsp3) is 0.733. The first kappa shape index (κ1) is 16.1. The van der Waals surface area contributed by atoms with Crippen molar-refractivity contribution in [3.8, 4) is 0 Å². The molecule has 2 heterocycles. The van der Waals surface area contributed by atoms with Crippen molar-refractivity contribution in [3.05, 3.63) is 18.0 Å². The molecule has 0 saturated carbocycles. The van der Waals surface area contributed by atoms with Crippen LogP contribution in [0.3, 0.4) is 0 Å². The number of hydrogen-bond donors (Lipinski definition) is 2. The van der Waals surface area contributed by atoms with Crippen LogP contribution in [0.5, 0.6) is 0 Å². The third-order valence-electron chi connectivity index (χ3n) is 3.70. The van der Waals surface area contributed by atoms with E-state index in [0.717, 1.165) is 12.1 Å². The van der Waals surface area contributed by atoms with E-state index < -0.39 is 5.60 Å². The molecule has 1 aromatic rings. The Balaban J connectivity index is 1.91. The summed E-state index contributed by atoms with van der Waals surface area (Å²) in [4.78, 5) is 10.7. The Morgan fingerprint density at radius 1 is 1.33 bits per heavy atom. The first-order chi connectivity index (χ1) is 9.98. The lowest BCUT2D eigenvalue weighted by Crippen LogP contribution is -2.46. The molecule has 0 bridgehead atoms. The molecule has 21 heavy (non-hydrogen) atoms. The molecule has 118 valence electrons. The van der Waals surface area contributed by atoms with E-state index >= 15 is 0 Å². The molecule has 0 radical (unpaired) electrons. The second-order valence-electron chi connectivity index (χ2n) is 6.12. The van der Waals surface area contributed by atoms with E-state index in [1.165, 1.54) is 0 Å². The standard InChI is InChI=1S/C15H26N4O2/c1-12(2)16-8-13-9-17-14(18-10-13)19(3)11-15(20)4-6-21-7-5-15/h9-10,12,16,20H,4-8,11H2,1-3H3. The Hall–Kier alpha value is -1.24. The Labute approximate surface area is 126 Å². The lowest BCUT2D eigenvalue weighted by molar-refractivity contribution is -0.0574. The predicted molar refractivity (Wildman–Crippen MR) is 82.3 cm³/mol. The van der Waals surface area contributed by atoms with Gasteiger partial charge in [0.2, 0.25) is 5.95 Å². The van der Waals surface area contributed by atoms with Gasteiger partial charge in [0.25, 0.3) is 0 Å². The van der Waals surface area contributed by atoms with E-state index in [1.54, 1.807) is 0 Å². The van der Waals surface area contributed by atoms with Crippen LogP contribution in [-0.4, -0.2) is 53.5 Å². The smallest absolute Gasteiger partial charge is 0.225 e. The minimum absolute atomic E-state index is 0.440. The Morgan fingerprint density at radius 3 is 2.52 bits per heavy atom. The molecule has 1 aliphatic rings. The Kier molecular flexibility index (Phi) is 5.50. The molecule has 0 atom stereocenters. The summed E-state index contributed by atoms with van der Waals surface area (Å²) in [6, 6.07) is 0.440. The summed E-state index contributed by atoms with van der Waals surface area (Å²) in [6.45, 7) is 6.74. The van der Waals surface area contributed by atoms with Crippen LogP contribution in [0.4, 0.5) is 5.95 Å². The van der Waals surface area contributed by atoms with Gasteiger partial charge in [0.05, 0.1) is 5.60 Å². The highest BCUT2D eigenvalue weighted by Gasteiger charge is 2.31. The second kappa shape index (κ2) is 7.15. The van der Waals surface area contributed by atoms with Gasteiger partial charge >= 0.3 is 0 Å². The van der Waals surface area contributed by atoms with Gasteiger partial charge in [0, 0.05) is 70.2 Å². The summed E-state index contributed by atoms with van der Waals surface area (Å²) in [5.41, 5.74) is 0.361. The van der Waals surface area contributed by atoms with Gasteiger partial charge < -0.3 is 20.1 Å². The fourth-order valence-electron chi connectivity index (χ4n) is 2.38. The molecule has 1 aliphatic heterocycles. The number of rotatable bonds is 6. The first-order valence-corrected chi connectivity index (χ1v) is 7.54. The number of anilines is 1. The van der Waals surface area contributed by atoms with E-state index in [1.807, 2.05) is 24.3 Å². The van der Waals surface area contributed by atoms with Gasteiger partial charge in [-0.2, -0.15) is 0 Å². The summed E-state index contributed by atoms with van der Waals surface area (Å²) >= 11 is 0. The zero-order chi connectivity index (χ0) is 15.3. The quantitative estimate of drug-likeness (QED) is 0.814. The van der Waals surface area contributed by atoms with Crippen LogP contribution in [0, 0.1) is 0 Å². The minimum atomic E-state index is -0.700. The number of ether oxygens (including phenoxy) is 1. The second-order valence-corrected chi connectivity index (χ2v) is 6.12. The maximum Gasteiger partial charge on any atom is 0.225 e. The summed E-state index contributed by atoms with van der Waals surface area (Å²) in [5.74, 6) is 0.642. The molecular formula is C15H26N4O2. The SMILES string of the molecule is CC(C)NCc1cnc(N(C)CC2(O)CCOCC2)nc1. The lowest BCUT2D eigenvalue weighted by atomic mass is 9.94. The van der Waals surface area contributed by atoms with Gasteiger partial charge in [-0.15, -0.1) is 0 Å². The van der Waals surface area contributed by atoms with Crippen LogP contribution >= 0.6 is 0 Å². The highest BCUT2D eigenvalue weighted by atomic mass is 16.5. The monoisotopic (exact) mass is 294 g/mol. The molecule has 2 rings (SSSR count). The van der Waals surface area contributed by atoms with Crippen LogP contribution in [0.1, 0.15) is 32.3 Å². The third kappa shape index (κ3) is 4.91. The number of nitrogens with zero attached hydrogens (tertiary/aromatic N) is 3. The van der Waals surface area contributed by atoms with Crippen LogP contribution in [0.15, 0.2) is 12.4 Å². The van der Waals surface area contributed by atoms with Crippen molar-refractivity contribution in [3.63, 3.8) is 0 Å². The van der Waals surface area contributed by atoms with Crippen molar-refractivity contribution in [2.24, 2.45) is 0 Å². The van der Waals surface area contributed by atoms with E-state index in [0.29, 0.717) is 44.6 Å². The maximum atomic E-state index is 10.5. The topological polar surface area (TPSA) is 70.5 Å². The predicted octanol–water partition coefficient (Wildman–Crippen LogP) is 0.952. The molecule has 0 aliphatic carbocycles. The van der Waals surface area contributed by atoms with Gasteiger partial charge in [-0.25, -0.2) is 9.97 Å². The molecule has 2 N–H and O–H groups in total. The van der Waals surface area contributed by atoms with Crippen LogP contribution in [0.25, 0.3) is 0 Å². The summed E-state index contributed by atoms with van der Waals surface area (Å²) in [7, 11) is 1.91. The van der Waals surface area contributed by atoms with Gasteiger partial charge in [-0.05, 0) is 0 Å². The molecule has 0 amide bonds. The van der Waals surface area contributed by atoms with E-state index in [-0.39, 0.29) is 0 Å². The summed E-state index contributed by atoms with van der Waals surface area (Å²) in [6.07, 6.45) is 4.99. The normalized spacial score (nSPS) is 18.0. The zero-order valence-electron chi connectivity index (χ0n) is 13.2. The van der Waals surface area contributed by atoms with E-state index in [9.17, 15) is 5.11 Å². The average Bonchev–Trinajstić information content (AvgIpc) is 2.46. The first-order valence-electron chi connectivity index (χ1n) is 7.54. The highest BCUT2D eigenvalue weighted by Crippen LogP contribution is 2.22. The van der Waals surface area contributed by atoms with Crippen LogP contribution in [-0.2, 0) is 11.3 Å². The molecule has 1 saturated heterocycles. The van der Waals surface area contributed by atoms with Crippen molar-refractivity contribution < 1.29 is 9.84 Å². The molecular weight excluding hydrogens is 268 g/mol. The summed E-state index contributed by atoms with van der Waals surface area (Å²) < 4.78 is 5.30. The maximum absolute atomic E-state index is 10.5. The number of likely N-dealkylation sites (N-methyl/N-ethyl adjacent to an activating group) is 1.